The number of esters is 1. The van der Waals surface area contributed by atoms with Crippen molar-refractivity contribution in [1.29, 1.82) is 0 Å². The van der Waals surface area contributed by atoms with Crippen LogP contribution in [0.3, 0.4) is 0 Å². The Morgan fingerprint density at radius 2 is 1.78 bits per heavy atom. The molecule has 0 aliphatic heterocycles. The molecule has 0 atom stereocenters. The smallest absolute Gasteiger partial charge is 0.337 e. The van der Waals surface area contributed by atoms with Crippen molar-refractivity contribution < 1.29 is 19.2 Å². The van der Waals surface area contributed by atoms with E-state index in [0.717, 1.165) is 5.56 Å². The molecule has 0 aliphatic rings. The lowest BCUT2D eigenvalue weighted by Gasteiger charge is -2.08. The van der Waals surface area contributed by atoms with E-state index in [1.54, 1.807) is 30.3 Å². The summed E-state index contributed by atoms with van der Waals surface area (Å²) >= 11 is 0. The molecule has 1 amide bonds. The van der Waals surface area contributed by atoms with Crippen LogP contribution in [0.4, 0.5) is 11.4 Å². The third-order valence-electron chi connectivity index (χ3n) is 3.88. The number of nitrogens with zero attached hydrogens (tertiary/aromatic N) is 1. The van der Waals surface area contributed by atoms with Gasteiger partial charge in [0, 0.05) is 25.6 Å². The lowest BCUT2D eigenvalue weighted by Crippen LogP contribution is -2.27. The number of para-hydroxylation sites is 2. The first-order valence-electron chi connectivity index (χ1n) is 8.42. The summed E-state index contributed by atoms with van der Waals surface area (Å²) in [6, 6.07) is 13.3. The number of nitro benzene ring substituents is 1. The van der Waals surface area contributed by atoms with Crippen molar-refractivity contribution in [3.63, 3.8) is 0 Å². The predicted molar refractivity (Wildman–Crippen MR) is 101 cm³/mol. The Kier molecular flexibility index (Phi) is 7.30. The van der Waals surface area contributed by atoms with E-state index in [4.69, 9.17) is 0 Å². The van der Waals surface area contributed by atoms with Gasteiger partial charge in [-0.3, -0.25) is 14.9 Å². The van der Waals surface area contributed by atoms with Crippen LogP contribution in [0.25, 0.3) is 0 Å². The lowest BCUT2D eigenvalue weighted by molar-refractivity contribution is -0.384. The van der Waals surface area contributed by atoms with Crippen molar-refractivity contribution >= 4 is 23.3 Å². The van der Waals surface area contributed by atoms with Crippen LogP contribution in [0.15, 0.2) is 48.5 Å². The Hall–Kier alpha value is -3.42. The van der Waals surface area contributed by atoms with E-state index in [-0.39, 0.29) is 24.0 Å². The van der Waals surface area contributed by atoms with Gasteiger partial charge in [0.2, 0.25) is 5.91 Å². The van der Waals surface area contributed by atoms with Gasteiger partial charge >= 0.3 is 5.97 Å². The Bertz CT molecular complexity index is 805. The second-order valence-electron chi connectivity index (χ2n) is 5.74. The lowest BCUT2D eigenvalue weighted by atomic mass is 10.1. The summed E-state index contributed by atoms with van der Waals surface area (Å²) < 4.78 is 4.64. The molecule has 2 aromatic rings. The molecule has 2 aromatic carbocycles. The SMILES string of the molecule is COC(=O)c1ccc(CCNC(=O)CCNc2ccccc2[N+](=O)[O-])cc1. The van der Waals surface area contributed by atoms with E-state index in [9.17, 15) is 19.7 Å². The fraction of sp³-hybridized carbons (Fsp3) is 0.263. The van der Waals surface area contributed by atoms with E-state index in [0.29, 0.717) is 30.8 Å². The second kappa shape index (κ2) is 9.91. The van der Waals surface area contributed by atoms with Crippen LogP contribution in [-0.4, -0.2) is 37.0 Å². The van der Waals surface area contributed by atoms with Gasteiger partial charge in [-0.05, 0) is 30.2 Å². The molecule has 0 heterocycles. The standard InChI is InChI=1S/C19H21N3O5/c1-27-19(24)15-8-6-14(7-9-15)10-12-21-18(23)11-13-20-16-4-2-3-5-17(16)22(25)26/h2-9,20H,10-13H2,1H3,(H,21,23). The first-order chi connectivity index (χ1) is 13.0. The van der Waals surface area contributed by atoms with E-state index < -0.39 is 4.92 Å². The zero-order valence-electron chi connectivity index (χ0n) is 14.9. The summed E-state index contributed by atoms with van der Waals surface area (Å²) in [6.07, 6.45) is 0.831. The van der Waals surface area contributed by atoms with Crippen molar-refractivity contribution in [2.45, 2.75) is 12.8 Å². The van der Waals surface area contributed by atoms with E-state index in [1.807, 2.05) is 12.1 Å². The van der Waals surface area contributed by atoms with Gasteiger partial charge in [-0.15, -0.1) is 0 Å². The molecule has 0 aliphatic carbocycles. The Morgan fingerprint density at radius 1 is 1.07 bits per heavy atom. The summed E-state index contributed by atoms with van der Waals surface area (Å²) in [5.74, 6) is -0.534. The van der Waals surface area contributed by atoms with Crippen molar-refractivity contribution in [3.8, 4) is 0 Å². The van der Waals surface area contributed by atoms with Gasteiger partial charge in [0.1, 0.15) is 5.69 Å². The molecule has 142 valence electrons. The monoisotopic (exact) mass is 371 g/mol. The maximum absolute atomic E-state index is 11.9. The summed E-state index contributed by atoms with van der Waals surface area (Å²) in [5.41, 5.74) is 1.83. The van der Waals surface area contributed by atoms with Crippen LogP contribution >= 0.6 is 0 Å². The summed E-state index contributed by atoms with van der Waals surface area (Å²) in [6.45, 7) is 0.756. The van der Waals surface area contributed by atoms with Gasteiger partial charge in [0.05, 0.1) is 17.6 Å². The van der Waals surface area contributed by atoms with Gasteiger partial charge in [-0.2, -0.15) is 0 Å². The van der Waals surface area contributed by atoms with Crippen LogP contribution < -0.4 is 10.6 Å². The largest absolute Gasteiger partial charge is 0.465 e. The van der Waals surface area contributed by atoms with Gasteiger partial charge in [-0.25, -0.2) is 4.79 Å². The molecule has 0 unspecified atom stereocenters. The van der Waals surface area contributed by atoms with E-state index in [2.05, 4.69) is 15.4 Å². The number of nitro groups is 1. The molecular formula is C19H21N3O5. The first-order valence-corrected chi connectivity index (χ1v) is 8.42. The highest BCUT2D eigenvalue weighted by Crippen LogP contribution is 2.22. The van der Waals surface area contributed by atoms with E-state index in [1.165, 1.54) is 13.2 Å². The van der Waals surface area contributed by atoms with Gasteiger partial charge in [0.25, 0.3) is 5.69 Å². The predicted octanol–water partition coefficient (Wildman–Crippen LogP) is 2.54. The van der Waals surface area contributed by atoms with Crippen LogP contribution in [0.5, 0.6) is 0 Å². The molecule has 0 aromatic heterocycles. The normalized spacial score (nSPS) is 10.1. The van der Waals surface area contributed by atoms with Crippen LogP contribution in [0.1, 0.15) is 22.3 Å². The average Bonchev–Trinajstić information content (AvgIpc) is 2.68. The number of rotatable bonds is 9. The number of nitrogens with one attached hydrogen (secondary N) is 2. The van der Waals surface area contributed by atoms with Crippen molar-refractivity contribution in [2.24, 2.45) is 0 Å². The molecule has 0 spiro atoms. The number of ether oxygens (including phenoxy) is 1. The first kappa shape index (κ1) is 19.9. The number of anilines is 1. The summed E-state index contributed by atoms with van der Waals surface area (Å²) in [4.78, 5) is 33.7. The molecule has 0 fully saturated rings. The van der Waals surface area contributed by atoms with Gasteiger partial charge in [0.15, 0.2) is 0 Å². The third-order valence-corrected chi connectivity index (χ3v) is 3.88. The molecule has 2 rings (SSSR count). The number of carbonyl (C=O) groups is 2. The van der Waals surface area contributed by atoms with Crippen LogP contribution in [0.2, 0.25) is 0 Å². The topological polar surface area (TPSA) is 111 Å². The number of amides is 1. The maximum Gasteiger partial charge on any atom is 0.337 e. The number of benzene rings is 2. The number of methoxy groups -OCH3 is 1. The zero-order chi connectivity index (χ0) is 19.6. The third kappa shape index (κ3) is 6.10. The molecular weight excluding hydrogens is 350 g/mol. The Morgan fingerprint density at radius 3 is 2.44 bits per heavy atom. The number of hydrogen-bond acceptors (Lipinski definition) is 6. The molecule has 27 heavy (non-hydrogen) atoms. The Labute approximate surface area is 156 Å². The van der Waals surface area contributed by atoms with Gasteiger partial charge in [-0.1, -0.05) is 24.3 Å². The fourth-order valence-electron chi connectivity index (χ4n) is 2.45. The van der Waals surface area contributed by atoms with Crippen LogP contribution in [0, 0.1) is 10.1 Å². The highest BCUT2D eigenvalue weighted by Gasteiger charge is 2.12. The van der Waals surface area contributed by atoms with Crippen molar-refractivity contribution in [1.82, 2.24) is 5.32 Å². The molecule has 8 heteroatoms. The maximum atomic E-state index is 11.9. The molecule has 2 N–H and O–H groups in total. The van der Waals surface area contributed by atoms with Crippen molar-refractivity contribution in [2.75, 3.05) is 25.5 Å². The molecule has 0 bridgehead atoms. The van der Waals surface area contributed by atoms with Gasteiger partial charge < -0.3 is 15.4 Å². The quantitative estimate of drug-likeness (QED) is 0.398. The minimum atomic E-state index is -0.464. The van der Waals surface area contributed by atoms with Crippen molar-refractivity contribution in [3.05, 3.63) is 69.8 Å². The minimum Gasteiger partial charge on any atom is -0.465 e. The second-order valence-corrected chi connectivity index (χ2v) is 5.74. The molecule has 0 radical (unpaired) electrons. The summed E-state index contributed by atoms with van der Waals surface area (Å²) in [7, 11) is 1.33. The van der Waals surface area contributed by atoms with E-state index >= 15 is 0 Å². The number of hydrogen-bond donors (Lipinski definition) is 2. The highest BCUT2D eigenvalue weighted by molar-refractivity contribution is 5.89. The average molecular weight is 371 g/mol. The minimum absolute atomic E-state index is 0.0201. The molecule has 0 saturated carbocycles. The fourth-order valence-corrected chi connectivity index (χ4v) is 2.45. The van der Waals surface area contributed by atoms with Crippen LogP contribution in [-0.2, 0) is 16.0 Å². The molecule has 8 nitrogen and oxygen atoms in total. The molecule has 0 saturated heterocycles. The summed E-state index contributed by atoms with van der Waals surface area (Å²) in [5, 5.41) is 16.6. The zero-order valence-corrected chi connectivity index (χ0v) is 14.9. The Balaban J connectivity index is 1.71. The number of carbonyl (C=O) groups excluding carboxylic acids is 2. The highest BCUT2D eigenvalue weighted by atomic mass is 16.6.